The van der Waals surface area contributed by atoms with Gasteiger partial charge in [0.15, 0.2) is 0 Å². The number of Topliss-reactive ketones (excluding diaryl/α,β-unsaturated/α-hetero) is 1. The van der Waals surface area contributed by atoms with Crippen LogP contribution >= 0.6 is 0 Å². The Labute approximate surface area is 134 Å². The van der Waals surface area contributed by atoms with Crippen LogP contribution in [0.3, 0.4) is 0 Å². The van der Waals surface area contributed by atoms with Crippen LogP contribution in [-0.4, -0.2) is 16.0 Å². The van der Waals surface area contributed by atoms with Gasteiger partial charge in [0.05, 0.1) is 0 Å². The average Bonchev–Trinajstić information content (AvgIpc) is 2.55. The van der Waals surface area contributed by atoms with E-state index < -0.39 is 0 Å². The summed E-state index contributed by atoms with van der Waals surface area (Å²) in [6.07, 6.45) is 1.72. The molecule has 3 N–H and O–H groups in total. The minimum Gasteiger partial charge on any atom is -0.593 e. The smallest absolute Gasteiger partial charge is 0.253 e. The van der Waals surface area contributed by atoms with E-state index in [2.05, 4.69) is 0 Å². The van der Waals surface area contributed by atoms with Crippen LogP contribution in [0.1, 0.15) is 42.4 Å². The zero-order valence-corrected chi connectivity index (χ0v) is 12.7. The number of hydrogen-bond acceptors (Lipinski definition) is 3. The lowest BCUT2D eigenvalue weighted by Gasteiger charge is -2.42. The molecule has 4 nitrogen and oxygen atoms in total. The summed E-state index contributed by atoms with van der Waals surface area (Å²) in [5.41, 5.74) is 2.01. The predicted octanol–water partition coefficient (Wildman–Crippen LogP) is 3.42. The summed E-state index contributed by atoms with van der Waals surface area (Å²) in [6.45, 7) is 0. The molecule has 1 fully saturated rings. The number of hydrogen-bond donors (Lipinski definition) is 1. The maximum Gasteiger partial charge on any atom is 0.253 e. The van der Waals surface area contributed by atoms with Gasteiger partial charge in [-0.2, -0.15) is 0 Å². The largest absolute Gasteiger partial charge is 0.593 e. The predicted molar refractivity (Wildman–Crippen MR) is 86.1 cm³/mol. The molecule has 0 radical (unpaired) electrons. The molecular formula is C19H19O4+. The van der Waals surface area contributed by atoms with Crippen molar-refractivity contribution in [3.8, 4) is 17.2 Å². The Balaban J connectivity index is 1.79. The van der Waals surface area contributed by atoms with Crippen molar-refractivity contribution in [2.24, 2.45) is 5.92 Å². The van der Waals surface area contributed by atoms with Crippen LogP contribution in [0.2, 0.25) is 0 Å². The Morgan fingerprint density at radius 3 is 2.70 bits per heavy atom. The lowest BCUT2D eigenvalue weighted by molar-refractivity contribution is -0.123. The molecule has 118 valence electrons. The third-order valence-corrected chi connectivity index (χ3v) is 4.99. The topological polar surface area (TPSA) is 69.4 Å². The number of benzene rings is 2. The maximum absolute atomic E-state index is 12.0. The summed E-state index contributed by atoms with van der Waals surface area (Å²) in [7, 11) is 0. The van der Waals surface area contributed by atoms with E-state index in [1.165, 1.54) is 0 Å². The van der Waals surface area contributed by atoms with E-state index in [4.69, 9.17) is 9.84 Å². The number of ketones is 1. The second-order valence-corrected chi connectivity index (χ2v) is 6.43. The molecule has 4 heteroatoms. The Morgan fingerprint density at radius 1 is 1.13 bits per heavy atom. The lowest BCUT2D eigenvalue weighted by Crippen LogP contribution is -2.34. The Kier molecular flexibility index (Phi) is 3.26. The molecule has 0 spiro atoms. The normalized spacial score (nSPS) is 26.1. The molecule has 2 aromatic rings. The number of phenols is 1. The van der Waals surface area contributed by atoms with Gasteiger partial charge in [0.25, 0.3) is 5.75 Å². The van der Waals surface area contributed by atoms with Crippen LogP contribution in [0, 0.1) is 5.92 Å². The van der Waals surface area contributed by atoms with Crippen molar-refractivity contribution in [3.63, 3.8) is 0 Å². The van der Waals surface area contributed by atoms with Crippen LogP contribution < -0.4 is 4.74 Å². The highest BCUT2D eigenvalue weighted by Gasteiger charge is 2.42. The molecule has 1 aliphatic carbocycles. The van der Waals surface area contributed by atoms with Gasteiger partial charge in [-0.1, -0.05) is 0 Å². The average molecular weight is 311 g/mol. The van der Waals surface area contributed by atoms with Crippen LogP contribution in [0.15, 0.2) is 42.5 Å². The molecule has 23 heavy (non-hydrogen) atoms. The molecule has 3 atom stereocenters. The molecule has 0 saturated heterocycles. The van der Waals surface area contributed by atoms with E-state index in [0.717, 1.165) is 23.3 Å². The van der Waals surface area contributed by atoms with Gasteiger partial charge in [0, 0.05) is 36.5 Å². The SMILES string of the molecule is O=C1CC[C@@H]2c3cc(O)ccc3O[C@H](c3ccc([OH2+])cc3)[C@@H]2C1. The third kappa shape index (κ3) is 2.44. The van der Waals surface area contributed by atoms with Crippen LogP contribution in [0.5, 0.6) is 17.2 Å². The van der Waals surface area contributed by atoms with E-state index in [1.807, 2.05) is 18.2 Å². The van der Waals surface area contributed by atoms with Gasteiger partial charge in [-0.25, -0.2) is 0 Å². The van der Waals surface area contributed by atoms with Gasteiger partial charge < -0.3 is 14.9 Å². The number of ether oxygens (including phenoxy) is 1. The minimum atomic E-state index is -0.179. The van der Waals surface area contributed by atoms with Gasteiger partial charge in [0.1, 0.15) is 23.4 Å². The van der Waals surface area contributed by atoms with Crippen molar-refractivity contribution in [1.82, 2.24) is 0 Å². The highest BCUT2D eigenvalue weighted by atomic mass is 16.5. The second kappa shape index (κ2) is 5.30. The Morgan fingerprint density at radius 2 is 1.91 bits per heavy atom. The van der Waals surface area contributed by atoms with Gasteiger partial charge in [-0.15, -0.1) is 0 Å². The van der Waals surface area contributed by atoms with Crippen molar-refractivity contribution in [2.75, 3.05) is 0 Å². The first-order valence-electron chi connectivity index (χ1n) is 7.94. The fraction of sp³-hybridized carbons (Fsp3) is 0.316. The van der Waals surface area contributed by atoms with Crippen molar-refractivity contribution in [2.45, 2.75) is 31.3 Å². The zero-order chi connectivity index (χ0) is 16.0. The number of carbonyl (C=O) groups excluding carboxylic acids is 1. The molecule has 1 saturated carbocycles. The molecule has 2 aliphatic rings. The van der Waals surface area contributed by atoms with Crippen molar-refractivity contribution >= 4 is 5.78 Å². The summed E-state index contributed by atoms with van der Waals surface area (Å²) in [6, 6.07) is 12.5. The Bertz CT molecular complexity index is 750. The first-order valence-corrected chi connectivity index (χ1v) is 7.94. The summed E-state index contributed by atoms with van der Waals surface area (Å²) < 4.78 is 6.21. The molecule has 0 bridgehead atoms. The fourth-order valence-corrected chi connectivity index (χ4v) is 3.89. The number of rotatable bonds is 1. The summed E-state index contributed by atoms with van der Waals surface area (Å²) in [5.74, 6) is 2.08. The quantitative estimate of drug-likeness (QED) is 0.820. The monoisotopic (exact) mass is 311 g/mol. The molecule has 2 aromatic carbocycles. The molecule has 0 aromatic heterocycles. The minimum absolute atomic E-state index is 0.0853. The Hall–Kier alpha value is -2.49. The molecule has 1 heterocycles. The van der Waals surface area contributed by atoms with Gasteiger partial charge >= 0.3 is 0 Å². The van der Waals surface area contributed by atoms with Crippen molar-refractivity contribution in [1.29, 1.82) is 0 Å². The van der Waals surface area contributed by atoms with Crippen LogP contribution in [0.25, 0.3) is 0 Å². The number of carbonyl (C=O) groups is 1. The van der Waals surface area contributed by atoms with Crippen LogP contribution in [0.4, 0.5) is 0 Å². The maximum atomic E-state index is 12.0. The third-order valence-electron chi connectivity index (χ3n) is 4.99. The molecule has 0 unspecified atom stereocenters. The first kappa shape index (κ1) is 14.1. The number of phenolic OH excluding ortho intramolecular Hbond substituents is 1. The van der Waals surface area contributed by atoms with Crippen LogP contribution in [-0.2, 0) is 4.79 Å². The van der Waals surface area contributed by atoms with E-state index in [9.17, 15) is 9.90 Å². The molecule has 0 amide bonds. The van der Waals surface area contributed by atoms with E-state index in [-0.39, 0.29) is 29.5 Å². The first-order chi connectivity index (χ1) is 11.1. The highest BCUT2D eigenvalue weighted by molar-refractivity contribution is 5.80. The lowest BCUT2D eigenvalue weighted by atomic mass is 9.69. The molecular weight excluding hydrogens is 292 g/mol. The second-order valence-electron chi connectivity index (χ2n) is 6.43. The highest BCUT2D eigenvalue weighted by Crippen LogP contribution is 2.52. The number of aromatic hydroxyl groups is 1. The zero-order valence-electron chi connectivity index (χ0n) is 12.7. The molecule has 1 aliphatic heterocycles. The van der Waals surface area contributed by atoms with Gasteiger partial charge in [-0.3, -0.25) is 4.79 Å². The molecule has 4 rings (SSSR count). The summed E-state index contributed by atoms with van der Waals surface area (Å²) in [5, 5.41) is 17.4. The summed E-state index contributed by atoms with van der Waals surface area (Å²) >= 11 is 0. The fourth-order valence-electron chi connectivity index (χ4n) is 3.89. The van der Waals surface area contributed by atoms with Gasteiger partial charge in [-0.05, 0) is 48.2 Å². The van der Waals surface area contributed by atoms with E-state index in [0.29, 0.717) is 18.6 Å². The number of fused-ring (bicyclic) bond motifs is 3. The van der Waals surface area contributed by atoms with E-state index in [1.54, 1.807) is 24.3 Å². The van der Waals surface area contributed by atoms with Crippen molar-refractivity contribution < 1.29 is 19.7 Å². The van der Waals surface area contributed by atoms with Crippen molar-refractivity contribution in [3.05, 3.63) is 53.6 Å². The summed E-state index contributed by atoms with van der Waals surface area (Å²) in [4.78, 5) is 12.0. The van der Waals surface area contributed by atoms with Gasteiger partial charge in [0.2, 0.25) is 0 Å². The standard InChI is InChI=1S/C19H18O4/c20-12-3-1-11(2-4-12)19-17-10-13(21)5-7-15(17)16-9-14(22)6-8-18(16)23-19/h1-4,6,8-9,15,17,19-20,22H,5,7,10H2/p+1/t15-,17-,19-/m1/s1. The van der Waals surface area contributed by atoms with E-state index >= 15 is 0 Å².